The van der Waals surface area contributed by atoms with Gasteiger partial charge in [-0.25, -0.2) is 4.79 Å². The Morgan fingerprint density at radius 1 is 1.12 bits per heavy atom. The van der Waals surface area contributed by atoms with Crippen molar-refractivity contribution in [3.63, 3.8) is 0 Å². The molecule has 134 valence electrons. The van der Waals surface area contributed by atoms with Gasteiger partial charge in [-0.05, 0) is 37.0 Å². The van der Waals surface area contributed by atoms with E-state index in [9.17, 15) is 9.90 Å². The topological polar surface area (TPSA) is 52.6 Å². The van der Waals surface area contributed by atoms with Crippen LogP contribution in [-0.4, -0.2) is 35.7 Å². The number of aliphatic hydroxyl groups excluding tert-OH is 1. The van der Waals surface area contributed by atoms with Crippen molar-refractivity contribution in [2.45, 2.75) is 38.8 Å². The lowest BCUT2D eigenvalue weighted by Crippen LogP contribution is -2.39. The summed E-state index contributed by atoms with van der Waals surface area (Å²) < 4.78 is 0. The minimum Gasteiger partial charge on any atom is -0.393 e. The first-order chi connectivity index (χ1) is 12.0. The maximum Gasteiger partial charge on any atom is 0.317 e. The third kappa shape index (κ3) is 5.91. The first kappa shape index (κ1) is 19.0. The molecule has 0 aliphatic carbocycles. The first-order valence-corrected chi connectivity index (χ1v) is 8.74. The van der Waals surface area contributed by atoms with Crippen molar-refractivity contribution in [2.75, 3.05) is 13.6 Å². The molecule has 2 amide bonds. The van der Waals surface area contributed by atoms with E-state index in [0.29, 0.717) is 19.5 Å². The van der Waals surface area contributed by atoms with Crippen molar-refractivity contribution in [3.8, 4) is 0 Å². The number of aryl methyl sites for hydroxylation is 1. The van der Waals surface area contributed by atoms with Gasteiger partial charge in [0, 0.05) is 26.1 Å². The van der Waals surface area contributed by atoms with Crippen molar-refractivity contribution >= 4 is 6.03 Å². The Morgan fingerprint density at radius 2 is 1.76 bits per heavy atom. The molecule has 4 nitrogen and oxygen atoms in total. The van der Waals surface area contributed by atoms with Gasteiger partial charge in [0.2, 0.25) is 0 Å². The Morgan fingerprint density at radius 3 is 2.40 bits per heavy atom. The number of carbonyl (C=O) groups excluding carboxylic acids is 1. The standard InChI is InChI=1S/C21H28N2O2/c1-16-9-7-8-12-19(16)15-23(3)21(25)22-14-20(13-17(2)24)18-10-5-4-6-11-18/h4-12,17,20,24H,13-15H2,1-3H3,(H,22,25). The number of nitrogens with one attached hydrogen (secondary N) is 1. The zero-order chi connectivity index (χ0) is 18.2. The number of aliphatic hydroxyl groups is 1. The van der Waals surface area contributed by atoms with Gasteiger partial charge in [-0.3, -0.25) is 0 Å². The Bertz CT molecular complexity index is 671. The molecule has 2 aromatic carbocycles. The van der Waals surface area contributed by atoms with Crippen molar-refractivity contribution in [2.24, 2.45) is 0 Å². The molecule has 0 saturated heterocycles. The number of nitrogens with zero attached hydrogens (tertiary/aromatic N) is 1. The molecule has 0 bridgehead atoms. The molecule has 25 heavy (non-hydrogen) atoms. The number of amides is 2. The number of benzene rings is 2. The highest BCUT2D eigenvalue weighted by Gasteiger charge is 2.17. The summed E-state index contributed by atoms with van der Waals surface area (Å²) in [6.45, 7) is 4.91. The maximum absolute atomic E-state index is 12.4. The fourth-order valence-electron chi connectivity index (χ4n) is 2.93. The van der Waals surface area contributed by atoms with Crippen LogP contribution in [0, 0.1) is 6.92 Å². The van der Waals surface area contributed by atoms with Crippen molar-refractivity contribution in [1.29, 1.82) is 0 Å². The average Bonchev–Trinajstić information content (AvgIpc) is 2.60. The van der Waals surface area contributed by atoms with Crippen LogP contribution in [0.3, 0.4) is 0 Å². The van der Waals surface area contributed by atoms with Crippen LogP contribution in [0.25, 0.3) is 0 Å². The zero-order valence-corrected chi connectivity index (χ0v) is 15.3. The largest absolute Gasteiger partial charge is 0.393 e. The molecule has 0 spiro atoms. The van der Waals surface area contributed by atoms with E-state index >= 15 is 0 Å². The summed E-state index contributed by atoms with van der Waals surface area (Å²) in [5, 5.41) is 12.8. The minimum atomic E-state index is -0.410. The number of hydrogen-bond acceptors (Lipinski definition) is 2. The van der Waals surface area contributed by atoms with E-state index in [2.05, 4.69) is 18.3 Å². The number of rotatable bonds is 7. The molecule has 0 saturated carbocycles. The van der Waals surface area contributed by atoms with Gasteiger partial charge in [-0.2, -0.15) is 0 Å². The number of hydrogen-bond donors (Lipinski definition) is 2. The van der Waals surface area contributed by atoms with Crippen LogP contribution < -0.4 is 5.32 Å². The van der Waals surface area contributed by atoms with E-state index in [1.807, 2.05) is 48.5 Å². The molecule has 2 atom stereocenters. The first-order valence-electron chi connectivity index (χ1n) is 8.74. The molecule has 2 unspecified atom stereocenters. The van der Waals surface area contributed by atoms with Crippen LogP contribution in [0.2, 0.25) is 0 Å². The smallest absolute Gasteiger partial charge is 0.317 e. The predicted molar refractivity (Wildman–Crippen MR) is 102 cm³/mol. The molecule has 2 rings (SSSR count). The van der Waals surface area contributed by atoms with Gasteiger partial charge in [0.1, 0.15) is 0 Å². The van der Waals surface area contributed by atoms with Gasteiger partial charge < -0.3 is 15.3 Å². The third-order valence-electron chi connectivity index (χ3n) is 4.41. The van der Waals surface area contributed by atoms with Crippen LogP contribution >= 0.6 is 0 Å². The van der Waals surface area contributed by atoms with Gasteiger partial charge in [0.25, 0.3) is 0 Å². The Kier molecular flexibility index (Phi) is 7.02. The van der Waals surface area contributed by atoms with Crippen LogP contribution in [0.15, 0.2) is 54.6 Å². The summed E-state index contributed by atoms with van der Waals surface area (Å²) in [5.74, 6) is 0.0945. The maximum atomic E-state index is 12.4. The highest BCUT2D eigenvalue weighted by atomic mass is 16.3. The Balaban J connectivity index is 1.95. The summed E-state index contributed by atoms with van der Waals surface area (Å²) in [7, 11) is 1.80. The van der Waals surface area contributed by atoms with Crippen LogP contribution in [-0.2, 0) is 6.54 Å². The van der Waals surface area contributed by atoms with Gasteiger partial charge >= 0.3 is 6.03 Å². The summed E-state index contributed by atoms with van der Waals surface area (Å²) in [4.78, 5) is 14.1. The molecular formula is C21H28N2O2. The molecule has 0 aliphatic heterocycles. The predicted octanol–water partition coefficient (Wildman–Crippen LogP) is 3.69. The van der Waals surface area contributed by atoms with Gasteiger partial charge in [-0.1, -0.05) is 54.6 Å². The third-order valence-corrected chi connectivity index (χ3v) is 4.41. The monoisotopic (exact) mass is 340 g/mol. The van der Waals surface area contributed by atoms with Crippen molar-refractivity contribution in [1.82, 2.24) is 10.2 Å². The molecule has 0 fully saturated rings. The molecule has 2 N–H and O–H groups in total. The van der Waals surface area contributed by atoms with Gasteiger partial charge in [-0.15, -0.1) is 0 Å². The van der Waals surface area contributed by atoms with E-state index in [1.54, 1.807) is 18.9 Å². The van der Waals surface area contributed by atoms with E-state index in [0.717, 1.165) is 11.1 Å². The fourth-order valence-corrected chi connectivity index (χ4v) is 2.93. The molecular weight excluding hydrogens is 312 g/mol. The van der Waals surface area contributed by atoms with Gasteiger partial charge in [0.15, 0.2) is 0 Å². The van der Waals surface area contributed by atoms with Crippen LogP contribution in [0.4, 0.5) is 4.79 Å². The second-order valence-electron chi connectivity index (χ2n) is 6.66. The van der Waals surface area contributed by atoms with Crippen molar-refractivity contribution in [3.05, 3.63) is 71.3 Å². The normalized spacial score (nSPS) is 13.1. The molecule has 0 heterocycles. The highest BCUT2D eigenvalue weighted by Crippen LogP contribution is 2.20. The van der Waals surface area contributed by atoms with Crippen LogP contribution in [0.5, 0.6) is 0 Å². The molecule has 2 aromatic rings. The SMILES string of the molecule is Cc1ccccc1CN(C)C(=O)NCC(CC(C)O)c1ccccc1. The lowest BCUT2D eigenvalue weighted by molar-refractivity contribution is 0.171. The number of urea groups is 1. The summed E-state index contributed by atoms with van der Waals surface area (Å²) in [6.07, 6.45) is 0.207. The zero-order valence-electron chi connectivity index (χ0n) is 15.3. The summed E-state index contributed by atoms with van der Waals surface area (Å²) in [6, 6.07) is 18.0. The lowest BCUT2D eigenvalue weighted by atomic mass is 9.93. The van der Waals surface area contributed by atoms with E-state index in [1.165, 1.54) is 5.56 Å². The second kappa shape index (κ2) is 9.23. The Hall–Kier alpha value is -2.33. The molecule has 0 aromatic heterocycles. The second-order valence-corrected chi connectivity index (χ2v) is 6.66. The van der Waals surface area contributed by atoms with E-state index < -0.39 is 6.10 Å². The van der Waals surface area contributed by atoms with E-state index in [4.69, 9.17) is 0 Å². The molecule has 0 aliphatic rings. The minimum absolute atomic E-state index is 0.0945. The summed E-state index contributed by atoms with van der Waals surface area (Å²) >= 11 is 0. The Labute approximate surface area is 150 Å². The summed E-state index contributed by atoms with van der Waals surface area (Å²) in [5.41, 5.74) is 3.45. The average molecular weight is 340 g/mol. The van der Waals surface area contributed by atoms with E-state index in [-0.39, 0.29) is 11.9 Å². The number of carbonyl (C=O) groups is 1. The fraction of sp³-hybridized carbons (Fsp3) is 0.381. The highest BCUT2D eigenvalue weighted by molar-refractivity contribution is 5.74. The molecule has 0 radical (unpaired) electrons. The van der Waals surface area contributed by atoms with Gasteiger partial charge in [0.05, 0.1) is 6.10 Å². The lowest BCUT2D eigenvalue weighted by Gasteiger charge is -2.23. The van der Waals surface area contributed by atoms with Crippen molar-refractivity contribution < 1.29 is 9.90 Å². The quantitative estimate of drug-likeness (QED) is 0.808. The van der Waals surface area contributed by atoms with Crippen LogP contribution in [0.1, 0.15) is 36.0 Å². The molecule has 4 heteroatoms.